The first-order chi connectivity index (χ1) is 8.25. The maximum absolute atomic E-state index is 5.94. The largest absolute Gasteiger partial charge is 0.355 e. The quantitative estimate of drug-likeness (QED) is 0.568. The number of thioether (sulfide) groups is 1. The summed E-state index contributed by atoms with van der Waals surface area (Å²) in [6.45, 7) is 3.82. The van der Waals surface area contributed by atoms with E-state index in [1.807, 2.05) is 16.2 Å². The molecule has 0 N–H and O–H groups in total. The minimum absolute atomic E-state index is 0.904. The molecule has 1 aliphatic carbocycles. The number of hydrogen-bond acceptors (Lipinski definition) is 3. The third-order valence-electron chi connectivity index (χ3n) is 3.65. The molecule has 0 aromatic rings. The maximum Gasteiger partial charge on any atom is 0.136 e. The summed E-state index contributed by atoms with van der Waals surface area (Å²) in [6, 6.07) is 0. The fourth-order valence-corrected chi connectivity index (χ4v) is 4.11. The van der Waals surface area contributed by atoms with E-state index in [1.54, 1.807) is 0 Å². The molecule has 2 rings (SSSR count). The van der Waals surface area contributed by atoms with E-state index in [0.29, 0.717) is 0 Å². The molecule has 5 heteroatoms. The Morgan fingerprint density at radius 1 is 1.12 bits per heavy atom. The van der Waals surface area contributed by atoms with Crippen molar-refractivity contribution in [1.82, 2.24) is 9.32 Å². The Balaban J connectivity index is 1.66. The normalized spacial score (nSPS) is 23.9. The molecule has 2 nitrogen and oxygen atoms in total. The highest BCUT2D eigenvalue weighted by molar-refractivity contribution is 8.22. The molecule has 0 atom stereocenters. The van der Waals surface area contributed by atoms with Crippen molar-refractivity contribution in [2.45, 2.75) is 32.1 Å². The minimum Gasteiger partial charge on any atom is -0.355 e. The summed E-state index contributed by atoms with van der Waals surface area (Å²) in [5.74, 6) is 2.13. The zero-order valence-corrected chi connectivity index (χ0v) is 12.6. The summed E-state index contributed by atoms with van der Waals surface area (Å²) in [5, 5.41) is 0. The smallest absolute Gasteiger partial charge is 0.136 e. The highest BCUT2D eigenvalue weighted by atomic mass is 35.5. The number of nitrogens with zero attached hydrogens (tertiary/aromatic N) is 2. The van der Waals surface area contributed by atoms with Crippen LogP contribution in [0.4, 0.5) is 0 Å². The molecule has 0 amide bonds. The average molecular weight is 293 g/mol. The number of piperazine rings is 1. The Hall–Kier alpha value is 0.490. The summed E-state index contributed by atoms with van der Waals surface area (Å²) >= 11 is 13.3. The van der Waals surface area contributed by atoms with Crippen LogP contribution in [0.2, 0.25) is 0 Å². The van der Waals surface area contributed by atoms with Crippen LogP contribution in [-0.4, -0.2) is 45.6 Å². The first-order valence-electron chi connectivity index (χ1n) is 6.58. The van der Waals surface area contributed by atoms with Gasteiger partial charge in [0.05, 0.1) is 0 Å². The maximum atomic E-state index is 5.94. The van der Waals surface area contributed by atoms with E-state index in [9.17, 15) is 0 Å². The van der Waals surface area contributed by atoms with Gasteiger partial charge in [0.2, 0.25) is 0 Å². The lowest BCUT2D eigenvalue weighted by Crippen LogP contribution is -2.44. The number of halogens is 1. The Bertz CT molecular complexity index is 249. The van der Waals surface area contributed by atoms with Crippen molar-refractivity contribution in [2.75, 3.05) is 31.9 Å². The SMILES string of the molecule is S=C(SCC1CCCCC1)N1CCN(Cl)CC1. The molecule has 1 saturated carbocycles. The minimum atomic E-state index is 0.904. The predicted molar refractivity (Wildman–Crippen MR) is 80.6 cm³/mol. The summed E-state index contributed by atoms with van der Waals surface area (Å²) in [4.78, 5) is 2.31. The third-order valence-corrected chi connectivity index (χ3v) is 5.74. The summed E-state index contributed by atoms with van der Waals surface area (Å²) < 4.78 is 2.94. The molecular weight excluding hydrogens is 272 g/mol. The number of rotatable bonds is 2. The Morgan fingerprint density at radius 2 is 1.76 bits per heavy atom. The fourth-order valence-electron chi connectivity index (χ4n) is 2.50. The monoisotopic (exact) mass is 292 g/mol. The van der Waals surface area contributed by atoms with Crippen LogP contribution in [0.15, 0.2) is 0 Å². The summed E-state index contributed by atoms with van der Waals surface area (Å²) in [6.07, 6.45) is 7.09. The van der Waals surface area contributed by atoms with Crippen LogP contribution >= 0.6 is 35.8 Å². The van der Waals surface area contributed by atoms with E-state index in [1.165, 1.54) is 37.9 Å². The van der Waals surface area contributed by atoms with E-state index in [0.717, 1.165) is 36.4 Å². The molecule has 0 aromatic carbocycles. The van der Waals surface area contributed by atoms with E-state index in [4.69, 9.17) is 24.0 Å². The van der Waals surface area contributed by atoms with Crippen molar-refractivity contribution in [1.29, 1.82) is 0 Å². The molecule has 0 radical (unpaired) electrons. The van der Waals surface area contributed by atoms with Gasteiger partial charge in [0.25, 0.3) is 0 Å². The van der Waals surface area contributed by atoms with Gasteiger partial charge in [-0.1, -0.05) is 43.2 Å². The predicted octanol–water partition coefficient (Wildman–Crippen LogP) is 3.36. The van der Waals surface area contributed by atoms with Crippen molar-refractivity contribution in [2.24, 2.45) is 5.92 Å². The second kappa shape index (κ2) is 7.17. The van der Waals surface area contributed by atoms with Crippen molar-refractivity contribution >= 4 is 40.1 Å². The zero-order valence-electron chi connectivity index (χ0n) is 10.2. The van der Waals surface area contributed by atoms with Gasteiger partial charge in [0, 0.05) is 31.9 Å². The molecule has 1 heterocycles. The molecule has 1 aliphatic heterocycles. The topological polar surface area (TPSA) is 6.48 Å². The van der Waals surface area contributed by atoms with Crippen LogP contribution < -0.4 is 0 Å². The standard InChI is InChI=1S/C12H21ClN2S2/c13-15-8-6-14(7-9-15)12(16)17-10-11-4-2-1-3-5-11/h11H,1-10H2. The van der Waals surface area contributed by atoms with Crippen molar-refractivity contribution in [3.63, 3.8) is 0 Å². The highest BCUT2D eigenvalue weighted by Crippen LogP contribution is 2.27. The lowest BCUT2D eigenvalue weighted by molar-refractivity contribution is 0.281. The van der Waals surface area contributed by atoms with E-state index < -0.39 is 0 Å². The van der Waals surface area contributed by atoms with Crippen molar-refractivity contribution in [3.8, 4) is 0 Å². The van der Waals surface area contributed by atoms with Gasteiger partial charge < -0.3 is 4.90 Å². The lowest BCUT2D eigenvalue weighted by Gasteiger charge is -2.32. The molecule has 1 saturated heterocycles. The average Bonchev–Trinajstić information content (AvgIpc) is 2.38. The zero-order chi connectivity index (χ0) is 12.1. The molecule has 0 bridgehead atoms. The van der Waals surface area contributed by atoms with Gasteiger partial charge in [-0.05, 0) is 30.5 Å². The molecule has 0 unspecified atom stereocenters. The van der Waals surface area contributed by atoms with Gasteiger partial charge in [-0.2, -0.15) is 0 Å². The highest BCUT2D eigenvalue weighted by Gasteiger charge is 2.19. The lowest BCUT2D eigenvalue weighted by atomic mass is 9.91. The van der Waals surface area contributed by atoms with Crippen LogP contribution in [0.3, 0.4) is 0 Å². The van der Waals surface area contributed by atoms with E-state index in [2.05, 4.69) is 4.90 Å². The Labute approximate surface area is 119 Å². The summed E-state index contributed by atoms with van der Waals surface area (Å²) in [7, 11) is 0. The van der Waals surface area contributed by atoms with Gasteiger partial charge in [-0.15, -0.1) is 0 Å². The fraction of sp³-hybridized carbons (Fsp3) is 0.917. The van der Waals surface area contributed by atoms with Crippen LogP contribution in [0.25, 0.3) is 0 Å². The molecule has 98 valence electrons. The molecular formula is C12H21ClN2S2. The summed E-state index contributed by atoms with van der Waals surface area (Å²) in [5.41, 5.74) is 0. The van der Waals surface area contributed by atoms with Gasteiger partial charge in [-0.25, -0.2) is 4.42 Å². The van der Waals surface area contributed by atoms with E-state index in [-0.39, 0.29) is 0 Å². The third kappa shape index (κ3) is 4.58. The number of thiocarbonyl (C=S) groups is 1. The van der Waals surface area contributed by atoms with Crippen molar-refractivity contribution in [3.05, 3.63) is 0 Å². The Morgan fingerprint density at radius 3 is 2.41 bits per heavy atom. The van der Waals surface area contributed by atoms with Crippen LogP contribution in [-0.2, 0) is 0 Å². The molecule has 0 aromatic heterocycles. The molecule has 0 spiro atoms. The van der Waals surface area contributed by atoms with Gasteiger partial charge in [0.1, 0.15) is 4.32 Å². The molecule has 2 fully saturated rings. The van der Waals surface area contributed by atoms with Crippen molar-refractivity contribution < 1.29 is 0 Å². The van der Waals surface area contributed by atoms with Gasteiger partial charge in [-0.3, -0.25) is 0 Å². The second-order valence-corrected chi connectivity index (χ2v) is 7.11. The van der Waals surface area contributed by atoms with Gasteiger partial charge in [0.15, 0.2) is 0 Å². The second-order valence-electron chi connectivity index (χ2n) is 4.98. The first kappa shape index (κ1) is 13.9. The number of hydrogen-bond donors (Lipinski definition) is 0. The van der Waals surface area contributed by atoms with Crippen LogP contribution in [0.5, 0.6) is 0 Å². The van der Waals surface area contributed by atoms with Crippen LogP contribution in [0, 0.1) is 5.92 Å². The molecule has 17 heavy (non-hydrogen) atoms. The van der Waals surface area contributed by atoms with E-state index >= 15 is 0 Å². The first-order valence-corrected chi connectivity index (χ1v) is 8.31. The molecule has 2 aliphatic rings. The van der Waals surface area contributed by atoms with Gasteiger partial charge >= 0.3 is 0 Å². The Kier molecular flexibility index (Phi) is 5.87. The van der Waals surface area contributed by atoms with Crippen LogP contribution in [0.1, 0.15) is 32.1 Å².